The first-order valence-electron chi connectivity index (χ1n) is 2.03. The molecule has 2 heteroatoms. The van der Waals surface area contributed by atoms with Gasteiger partial charge in [0.05, 0.1) is 0 Å². The van der Waals surface area contributed by atoms with Crippen LogP contribution in [0.4, 0.5) is 0 Å². The van der Waals surface area contributed by atoms with Gasteiger partial charge in [-0.05, 0) is 0 Å². The van der Waals surface area contributed by atoms with Crippen molar-refractivity contribution >= 4 is 7.85 Å². The van der Waals surface area contributed by atoms with Crippen LogP contribution in [0.25, 0.3) is 0 Å². The van der Waals surface area contributed by atoms with E-state index in [-0.39, 0.29) is 29.6 Å². The third kappa shape index (κ3) is 8.91. The van der Waals surface area contributed by atoms with Gasteiger partial charge >= 0.3 is 29.6 Å². The molecule has 0 aliphatic carbocycles. The predicted molar refractivity (Wildman–Crippen MR) is 25.5 cm³/mol. The summed E-state index contributed by atoms with van der Waals surface area (Å²) in [6.45, 7) is 4.07. The molecule has 0 aliphatic heterocycles. The Bertz CT molecular complexity index is 21.5. The third-order valence-electron chi connectivity index (χ3n) is 0.644. The maximum atomic E-state index is 5.29. The topological polar surface area (TPSA) is 0 Å². The minimum Gasteiger partial charge on any atom is -0.622 e. The van der Waals surface area contributed by atoms with Crippen LogP contribution in [0.3, 0.4) is 0 Å². The molecular formula is C4H9BNa. The molecule has 0 heterocycles. The van der Waals surface area contributed by atoms with E-state index in [0.717, 1.165) is 6.42 Å². The minimum atomic E-state index is 0. The zero-order valence-corrected chi connectivity index (χ0v) is 6.86. The Morgan fingerprint density at radius 1 is 1.67 bits per heavy atom. The second-order valence-corrected chi connectivity index (χ2v) is 1.39. The summed E-state index contributed by atoms with van der Waals surface area (Å²) in [7, 11) is 5.29. The quantitative estimate of drug-likeness (QED) is 0.340. The largest absolute Gasteiger partial charge is 1.00 e. The third-order valence-corrected chi connectivity index (χ3v) is 0.644. The Morgan fingerprint density at radius 3 is 1.83 bits per heavy atom. The van der Waals surface area contributed by atoms with Gasteiger partial charge in [-0.1, -0.05) is 13.3 Å². The molecule has 0 spiro atoms. The molecule has 0 fully saturated rings. The Balaban J connectivity index is 0. The van der Waals surface area contributed by atoms with E-state index in [4.69, 9.17) is 7.85 Å². The summed E-state index contributed by atoms with van der Waals surface area (Å²) in [4.78, 5) is 0. The molecule has 0 rings (SSSR count). The van der Waals surface area contributed by atoms with E-state index >= 15 is 0 Å². The van der Waals surface area contributed by atoms with Crippen molar-refractivity contribution in [2.75, 3.05) is 0 Å². The second-order valence-electron chi connectivity index (χ2n) is 1.39. The maximum Gasteiger partial charge on any atom is 1.00 e. The second kappa shape index (κ2) is 6.06. The van der Waals surface area contributed by atoms with Crippen LogP contribution >= 0.6 is 0 Å². The summed E-state index contributed by atoms with van der Waals surface area (Å²) in [5.74, 6) is 0.384. The van der Waals surface area contributed by atoms with Gasteiger partial charge < -0.3 is 7.85 Å². The normalized spacial score (nSPS) is 12.5. The van der Waals surface area contributed by atoms with E-state index in [0.29, 0.717) is 5.82 Å². The predicted octanol–water partition coefficient (Wildman–Crippen LogP) is -1.62. The van der Waals surface area contributed by atoms with E-state index < -0.39 is 0 Å². The molecule has 0 N–H and O–H groups in total. The summed E-state index contributed by atoms with van der Waals surface area (Å²) in [5.41, 5.74) is 0. The van der Waals surface area contributed by atoms with Crippen molar-refractivity contribution in [3.8, 4) is 0 Å². The van der Waals surface area contributed by atoms with E-state index in [9.17, 15) is 0 Å². The molecule has 6 heavy (non-hydrogen) atoms. The van der Waals surface area contributed by atoms with Gasteiger partial charge in [0.1, 0.15) is 0 Å². The maximum absolute atomic E-state index is 5.29. The molecule has 0 amide bonds. The summed E-state index contributed by atoms with van der Waals surface area (Å²) < 4.78 is 0. The minimum absolute atomic E-state index is 0. The molecule has 0 aromatic heterocycles. The van der Waals surface area contributed by atoms with E-state index in [1.54, 1.807) is 0 Å². The fourth-order valence-electron chi connectivity index (χ4n) is 0. The van der Waals surface area contributed by atoms with Crippen LogP contribution in [0.15, 0.2) is 0 Å². The fraction of sp³-hybridized carbons (Fsp3) is 1.00. The average molecular weight is 90.9 g/mol. The first kappa shape index (κ1) is 10.1. The average Bonchev–Trinajstić information content (AvgIpc) is 1.38. The van der Waals surface area contributed by atoms with Crippen molar-refractivity contribution in [2.45, 2.75) is 26.1 Å². The monoisotopic (exact) mass is 91.1 g/mol. The SMILES string of the molecule is [B-]C(C)CC.[Na+]. The fourth-order valence-corrected chi connectivity index (χ4v) is 0. The van der Waals surface area contributed by atoms with Crippen molar-refractivity contribution in [2.24, 2.45) is 0 Å². The van der Waals surface area contributed by atoms with Crippen LogP contribution in [-0.4, -0.2) is 7.85 Å². The number of rotatable bonds is 1. The molecule has 1 atom stereocenters. The Hall–Kier alpha value is 1.06. The van der Waals surface area contributed by atoms with Crippen molar-refractivity contribution < 1.29 is 29.6 Å². The van der Waals surface area contributed by atoms with Crippen molar-refractivity contribution in [3.05, 3.63) is 0 Å². The molecule has 3 radical (unpaired) electrons. The van der Waals surface area contributed by atoms with Crippen LogP contribution in [0.5, 0.6) is 0 Å². The van der Waals surface area contributed by atoms with Crippen LogP contribution in [0.2, 0.25) is 5.82 Å². The Morgan fingerprint density at radius 2 is 1.83 bits per heavy atom. The Labute approximate surface area is 63.4 Å². The van der Waals surface area contributed by atoms with Crippen LogP contribution < -0.4 is 29.6 Å². The van der Waals surface area contributed by atoms with Crippen molar-refractivity contribution in [1.82, 2.24) is 0 Å². The van der Waals surface area contributed by atoms with Crippen molar-refractivity contribution in [3.63, 3.8) is 0 Å². The van der Waals surface area contributed by atoms with Crippen molar-refractivity contribution in [1.29, 1.82) is 0 Å². The van der Waals surface area contributed by atoms with Crippen LogP contribution in [0.1, 0.15) is 20.3 Å². The molecule has 0 aliphatic rings. The molecule has 1 unspecified atom stereocenters. The molecule has 29 valence electrons. The standard InChI is InChI=1S/C4H9B.Na/c1-3-4(2)5;/h4H,3H2,1-2H3;/q-1;+1. The van der Waals surface area contributed by atoms with E-state index in [1.165, 1.54) is 0 Å². The van der Waals surface area contributed by atoms with Gasteiger partial charge in [0.15, 0.2) is 0 Å². The molecule has 0 bridgehead atoms. The summed E-state index contributed by atoms with van der Waals surface area (Å²) in [6, 6.07) is 0. The van der Waals surface area contributed by atoms with Crippen LogP contribution in [0, 0.1) is 0 Å². The summed E-state index contributed by atoms with van der Waals surface area (Å²) >= 11 is 0. The molecule has 0 nitrogen and oxygen atoms in total. The number of hydrogen-bond donors (Lipinski definition) is 0. The molecular weight excluding hydrogens is 81.8 g/mol. The van der Waals surface area contributed by atoms with Gasteiger partial charge in [0.25, 0.3) is 0 Å². The summed E-state index contributed by atoms with van der Waals surface area (Å²) in [5, 5.41) is 0. The molecule has 0 aromatic rings. The van der Waals surface area contributed by atoms with Gasteiger partial charge in [-0.15, -0.1) is 6.92 Å². The van der Waals surface area contributed by atoms with Gasteiger partial charge in [-0.3, -0.25) is 5.82 Å². The molecule has 0 aromatic carbocycles. The number of hydrogen-bond acceptors (Lipinski definition) is 0. The first-order chi connectivity index (χ1) is 2.27. The zero-order valence-electron chi connectivity index (χ0n) is 4.86. The van der Waals surface area contributed by atoms with Gasteiger partial charge in [-0.2, -0.15) is 0 Å². The first-order valence-corrected chi connectivity index (χ1v) is 2.03. The van der Waals surface area contributed by atoms with Crippen LogP contribution in [-0.2, 0) is 0 Å². The smallest absolute Gasteiger partial charge is 0.622 e. The van der Waals surface area contributed by atoms with Gasteiger partial charge in [-0.25, -0.2) is 0 Å². The zero-order chi connectivity index (χ0) is 4.28. The van der Waals surface area contributed by atoms with E-state index in [1.807, 2.05) is 6.92 Å². The Kier molecular flexibility index (Phi) is 10.2. The summed E-state index contributed by atoms with van der Waals surface area (Å²) in [6.07, 6.45) is 1.08. The van der Waals surface area contributed by atoms with Gasteiger partial charge in [0.2, 0.25) is 0 Å². The van der Waals surface area contributed by atoms with Gasteiger partial charge in [0, 0.05) is 0 Å². The molecule has 0 saturated carbocycles. The molecule has 0 saturated heterocycles. The van der Waals surface area contributed by atoms with E-state index in [2.05, 4.69) is 6.92 Å².